The number of amides is 1. The van der Waals surface area contributed by atoms with Gasteiger partial charge >= 0.3 is 0 Å². The molecular weight excluding hydrogens is 298 g/mol. The molecule has 1 amide bonds. The Kier molecular flexibility index (Phi) is 6.47. The van der Waals surface area contributed by atoms with E-state index in [1.165, 1.54) is 36.8 Å². The molecule has 0 aromatic heterocycles. The smallest absolute Gasteiger partial charge is 0.260 e. The summed E-state index contributed by atoms with van der Waals surface area (Å²) in [5.41, 5.74) is 2.86. The van der Waals surface area contributed by atoms with Gasteiger partial charge in [-0.2, -0.15) is 0 Å². The van der Waals surface area contributed by atoms with Crippen molar-refractivity contribution in [2.45, 2.75) is 71.3 Å². The number of benzene rings is 1. The summed E-state index contributed by atoms with van der Waals surface area (Å²) >= 11 is 0. The highest BCUT2D eigenvalue weighted by atomic mass is 16.5. The Morgan fingerprint density at radius 1 is 1.21 bits per heavy atom. The molecule has 2 rings (SSSR count). The molecule has 1 aliphatic rings. The normalized spacial score (nSPS) is 16.2. The summed E-state index contributed by atoms with van der Waals surface area (Å²) in [7, 11) is 0. The summed E-state index contributed by atoms with van der Waals surface area (Å²) in [4.78, 5) is 12.2. The van der Waals surface area contributed by atoms with Crippen molar-refractivity contribution < 1.29 is 9.53 Å². The molecule has 1 atom stereocenters. The van der Waals surface area contributed by atoms with Gasteiger partial charge in [0.2, 0.25) is 0 Å². The van der Waals surface area contributed by atoms with Crippen molar-refractivity contribution in [1.82, 2.24) is 5.32 Å². The van der Waals surface area contributed by atoms with Crippen LogP contribution in [0.15, 0.2) is 35.9 Å². The Morgan fingerprint density at radius 2 is 1.92 bits per heavy atom. The molecule has 1 aromatic rings. The first-order valence-electron chi connectivity index (χ1n) is 9.09. The van der Waals surface area contributed by atoms with Gasteiger partial charge in [0.05, 0.1) is 0 Å². The van der Waals surface area contributed by atoms with Crippen LogP contribution in [0.3, 0.4) is 0 Å². The molecule has 0 saturated heterocycles. The molecule has 0 radical (unpaired) electrons. The van der Waals surface area contributed by atoms with Crippen molar-refractivity contribution in [3.8, 4) is 5.75 Å². The Bertz CT molecular complexity index is 566. The van der Waals surface area contributed by atoms with Crippen LogP contribution < -0.4 is 10.1 Å². The minimum atomic E-state index is -0.481. The second kappa shape index (κ2) is 8.36. The van der Waals surface area contributed by atoms with Gasteiger partial charge in [-0.1, -0.05) is 44.6 Å². The first kappa shape index (κ1) is 18.6. The maximum absolute atomic E-state index is 12.2. The van der Waals surface area contributed by atoms with Crippen molar-refractivity contribution in [2.24, 2.45) is 0 Å². The summed E-state index contributed by atoms with van der Waals surface area (Å²) < 4.78 is 5.76. The number of allylic oxidation sites excluding steroid dienone is 1. The molecule has 24 heavy (non-hydrogen) atoms. The number of rotatable bonds is 6. The fraction of sp³-hybridized carbons (Fsp3) is 0.571. The van der Waals surface area contributed by atoms with Crippen molar-refractivity contribution in [3.05, 3.63) is 41.5 Å². The number of hydrogen-bond donors (Lipinski definition) is 1. The van der Waals surface area contributed by atoms with E-state index in [0.717, 1.165) is 12.2 Å². The molecule has 1 N–H and O–H groups in total. The van der Waals surface area contributed by atoms with Gasteiger partial charge in [-0.3, -0.25) is 4.79 Å². The zero-order chi connectivity index (χ0) is 17.6. The molecule has 3 heteroatoms. The SMILES string of the molecule is C[C@@H](Oc1ccc(C(C)(C)C)cc1)C(=O)NCCC1=CCCCC1. The van der Waals surface area contributed by atoms with Crippen LogP contribution in [0.25, 0.3) is 0 Å². The fourth-order valence-corrected chi connectivity index (χ4v) is 2.91. The number of carbonyl (C=O) groups is 1. The third-order valence-electron chi connectivity index (χ3n) is 4.53. The van der Waals surface area contributed by atoms with Crippen molar-refractivity contribution in [2.75, 3.05) is 6.54 Å². The fourth-order valence-electron chi connectivity index (χ4n) is 2.91. The van der Waals surface area contributed by atoms with Gasteiger partial charge in [0.25, 0.3) is 5.91 Å². The molecule has 1 aliphatic carbocycles. The predicted molar refractivity (Wildman–Crippen MR) is 99.4 cm³/mol. The molecule has 132 valence electrons. The van der Waals surface area contributed by atoms with Crippen molar-refractivity contribution >= 4 is 5.91 Å². The Balaban J connectivity index is 1.77. The molecule has 0 unspecified atom stereocenters. The quantitative estimate of drug-likeness (QED) is 0.764. The Hall–Kier alpha value is -1.77. The lowest BCUT2D eigenvalue weighted by Crippen LogP contribution is -2.37. The van der Waals surface area contributed by atoms with Crippen LogP contribution in [-0.4, -0.2) is 18.6 Å². The minimum absolute atomic E-state index is 0.0497. The van der Waals surface area contributed by atoms with Gasteiger partial charge < -0.3 is 10.1 Å². The third-order valence-corrected chi connectivity index (χ3v) is 4.53. The monoisotopic (exact) mass is 329 g/mol. The highest BCUT2D eigenvalue weighted by Crippen LogP contribution is 2.24. The van der Waals surface area contributed by atoms with E-state index in [4.69, 9.17) is 4.74 Å². The number of nitrogens with one attached hydrogen (secondary N) is 1. The molecule has 0 saturated carbocycles. The van der Waals surface area contributed by atoms with E-state index in [0.29, 0.717) is 6.54 Å². The minimum Gasteiger partial charge on any atom is -0.481 e. The zero-order valence-corrected chi connectivity index (χ0v) is 15.5. The largest absolute Gasteiger partial charge is 0.481 e. The molecule has 0 heterocycles. The summed E-state index contributed by atoms with van der Waals surface area (Å²) in [5.74, 6) is 0.687. The average molecular weight is 329 g/mol. The summed E-state index contributed by atoms with van der Waals surface area (Å²) in [5, 5.41) is 2.98. The maximum Gasteiger partial charge on any atom is 0.260 e. The van der Waals surface area contributed by atoms with Gasteiger partial charge in [-0.15, -0.1) is 0 Å². The lowest BCUT2D eigenvalue weighted by atomic mass is 9.87. The number of ether oxygens (including phenoxy) is 1. The second-order valence-electron chi connectivity index (χ2n) is 7.68. The van der Waals surface area contributed by atoms with Gasteiger partial charge in [-0.25, -0.2) is 0 Å². The van der Waals surface area contributed by atoms with Crippen LogP contribution in [0.4, 0.5) is 0 Å². The van der Waals surface area contributed by atoms with E-state index in [1.807, 2.05) is 12.1 Å². The summed E-state index contributed by atoms with van der Waals surface area (Å²) in [6, 6.07) is 8.01. The highest BCUT2D eigenvalue weighted by Gasteiger charge is 2.16. The first-order valence-corrected chi connectivity index (χ1v) is 9.09. The van der Waals surface area contributed by atoms with E-state index in [1.54, 1.807) is 6.92 Å². The molecule has 3 nitrogen and oxygen atoms in total. The number of hydrogen-bond acceptors (Lipinski definition) is 2. The van der Waals surface area contributed by atoms with Gasteiger partial charge in [0, 0.05) is 6.54 Å². The van der Waals surface area contributed by atoms with Gasteiger partial charge in [-0.05, 0) is 62.1 Å². The average Bonchev–Trinajstić information content (AvgIpc) is 2.55. The van der Waals surface area contributed by atoms with Crippen LogP contribution in [-0.2, 0) is 10.2 Å². The Morgan fingerprint density at radius 3 is 2.50 bits per heavy atom. The van der Waals surface area contributed by atoms with Gasteiger partial charge in [0.1, 0.15) is 5.75 Å². The first-order chi connectivity index (χ1) is 11.4. The molecule has 0 spiro atoms. The summed E-state index contributed by atoms with van der Waals surface area (Å²) in [6.07, 6.45) is 7.75. The van der Waals surface area contributed by atoms with E-state index < -0.39 is 6.10 Å². The van der Waals surface area contributed by atoms with E-state index >= 15 is 0 Å². The van der Waals surface area contributed by atoms with E-state index in [9.17, 15) is 4.79 Å². The summed E-state index contributed by atoms with van der Waals surface area (Å²) in [6.45, 7) is 9.04. The molecule has 1 aromatic carbocycles. The van der Waals surface area contributed by atoms with Crippen LogP contribution in [0.2, 0.25) is 0 Å². The van der Waals surface area contributed by atoms with Crippen LogP contribution in [0.1, 0.15) is 65.4 Å². The third kappa shape index (κ3) is 5.70. The second-order valence-corrected chi connectivity index (χ2v) is 7.68. The maximum atomic E-state index is 12.2. The van der Waals surface area contributed by atoms with Crippen LogP contribution in [0.5, 0.6) is 5.75 Å². The number of carbonyl (C=O) groups excluding carboxylic acids is 1. The molecule has 0 fully saturated rings. The van der Waals surface area contributed by atoms with Crippen LogP contribution in [0, 0.1) is 0 Å². The Labute approximate surface area is 146 Å². The van der Waals surface area contributed by atoms with E-state index in [-0.39, 0.29) is 11.3 Å². The molecule has 0 aliphatic heterocycles. The predicted octanol–water partition coefficient (Wildman–Crippen LogP) is 4.76. The lowest BCUT2D eigenvalue weighted by Gasteiger charge is -2.20. The lowest BCUT2D eigenvalue weighted by molar-refractivity contribution is -0.127. The molecule has 0 bridgehead atoms. The molecular formula is C21H31NO2. The van der Waals surface area contributed by atoms with E-state index in [2.05, 4.69) is 44.3 Å². The topological polar surface area (TPSA) is 38.3 Å². The standard InChI is InChI=1S/C21H31NO2/c1-16(20(23)22-15-14-17-8-6-5-7-9-17)24-19-12-10-18(11-13-19)21(2,3)4/h8,10-13,16H,5-7,9,14-15H2,1-4H3,(H,22,23)/t16-/m1/s1. The van der Waals surface area contributed by atoms with Crippen molar-refractivity contribution in [1.29, 1.82) is 0 Å². The van der Waals surface area contributed by atoms with Crippen LogP contribution >= 0.6 is 0 Å². The van der Waals surface area contributed by atoms with Gasteiger partial charge in [0.15, 0.2) is 6.10 Å². The highest BCUT2D eigenvalue weighted by molar-refractivity contribution is 5.80. The van der Waals surface area contributed by atoms with Crippen molar-refractivity contribution in [3.63, 3.8) is 0 Å². The zero-order valence-electron chi connectivity index (χ0n) is 15.5.